The lowest BCUT2D eigenvalue weighted by molar-refractivity contribution is 0.432. The maximum atomic E-state index is 5.07. The Bertz CT molecular complexity index is 405. The number of rotatable bonds is 2. The Balaban J connectivity index is 2.35. The minimum absolute atomic E-state index is 0.167. The maximum Gasteiger partial charge on any atom is 0.335 e. The molecule has 3 N–H and O–H groups in total. The van der Waals surface area contributed by atoms with Crippen molar-refractivity contribution in [2.75, 3.05) is 5.43 Å². The number of aromatic nitrogens is 4. The molecular weight excluding hydrogens is 172 g/mol. The summed E-state index contributed by atoms with van der Waals surface area (Å²) in [4.78, 5) is 3.92. The van der Waals surface area contributed by atoms with Crippen LogP contribution in [-0.2, 0) is 7.05 Å². The zero-order valence-corrected chi connectivity index (χ0v) is 6.93. The van der Waals surface area contributed by atoms with Crippen molar-refractivity contribution in [2.45, 2.75) is 0 Å². The summed E-state index contributed by atoms with van der Waals surface area (Å²) in [6.07, 6.45) is 1.79. The molecule has 2 aromatic rings. The number of nitrogens with zero attached hydrogens (tertiary/aromatic N) is 4. The molecule has 0 fully saturated rings. The van der Waals surface area contributed by atoms with Gasteiger partial charge in [-0.2, -0.15) is 10.1 Å². The van der Waals surface area contributed by atoms with Crippen LogP contribution in [0.2, 0.25) is 0 Å². The van der Waals surface area contributed by atoms with Crippen LogP contribution >= 0.6 is 0 Å². The Labute approximate surface area is 73.5 Å². The second kappa shape index (κ2) is 2.87. The fraction of sp³-hybridized carbons (Fsp3) is 0.167. The Hall–Kier alpha value is -1.89. The van der Waals surface area contributed by atoms with Crippen molar-refractivity contribution in [2.24, 2.45) is 12.9 Å². The number of hydrazine groups is 1. The van der Waals surface area contributed by atoms with Crippen LogP contribution < -0.4 is 11.3 Å². The van der Waals surface area contributed by atoms with E-state index in [0.29, 0.717) is 11.5 Å². The molecule has 0 aliphatic rings. The second-order valence-electron chi connectivity index (χ2n) is 2.44. The van der Waals surface area contributed by atoms with Gasteiger partial charge in [0.25, 0.3) is 0 Å². The van der Waals surface area contributed by atoms with Gasteiger partial charge in [0.2, 0.25) is 5.82 Å². The lowest BCUT2D eigenvalue weighted by Crippen LogP contribution is -2.06. The summed E-state index contributed by atoms with van der Waals surface area (Å²) in [6.45, 7) is 0. The summed E-state index contributed by atoms with van der Waals surface area (Å²) in [5.74, 6) is 5.49. The molecule has 0 aromatic carbocycles. The minimum atomic E-state index is 0.167. The summed E-state index contributed by atoms with van der Waals surface area (Å²) in [7, 11) is 1.81. The van der Waals surface area contributed by atoms with E-state index in [1.807, 2.05) is 7.05 Å². The molecule has 0 amide bonds. The molecule has 0 spiro atoms. The molecule has 7 heteroatoms. The number of aryl methyl sites for hydroxylation is 1. The molecular formula is C6H8N6O. The molecule has 0 bridgehead atoms. The number of nitrogens with one attached hydrogen (secondary N) is 1. The van der Waals surface area contributed by atoms with Crippen LogP contribution in [0.5, 0.6) is 0 Å². The highest BCUT2D eigenvalue weighted by molar-refractivity contribution is 5.48. The van der Waals surface area contributed by atoms with E-state index >= 15 is 0 Å². The van der Waals surface area contributed by atoms with Gasteiger partial charge in [-0.3, -0.25) is 10.1 Å². The van der Waals surface area contributed by atoms with E-state index in [-0.39, 0.29) is 6.01 Å². The molecule has 0 saturated carbocycles. The first-order valence-electron chi connectivity index (χ1n) is 3.60. The van der Waals surface area contributed by atoms with Gasteiger partial charge in [0.05, 0.1) is 0 Å². The highest BCUT2D eigenvalue weighted by Crippen LogP contribution is 2.13. The van der Waals surface area contributed by atoms with Crippen LogP contribution in [0.15, 0.2) is 16.8 Å². The third kappa shape index (κ3) is 1.36. The summed E-state index contributed by atoms with van der Waals surface area (Å²) < 4.78 is 6.38. The van der Waals surface area contributed by atoms with Crippen LogP contribution in [0, 0.1) is 0 Å². The first kappa shape index (κ1) is 7.74. The van der Waals surface area contributed by atoms with Crippen LogP contribution in [0.4, 0.5) is 6.01 Å². The van der Waals surface area contributed by atoms with E-state index in [4.69, 9.17) is 10.4 Å². The van der Waals surface area contributed by atoms with Crippen LogP contribution in [0.1, 0.15) is 0 Å². The molecule has 0 radical (unpaired) electrons. The molecule has 2 aromatic heterocycles. The Morgan fingerprint density at radius 1 is 1.62 bits per heavy atom. The van der Waals surface area contributed by atoms with Crippen molar-refractivity contribution in [1.29, 1.82) is 0 Å². The average molecular weight is 180 g/mol. The Morgan fingerprint density at radius 3 is 3.00 bits per heavy atom. The van der Waals surface area contributed by atoms with Crippen molar-refractivity contribution < 1.29 is 4.52 Å². The molecule has 0 atom stereocenters. The van der Waals surface area contributed by atoms with Crippen LogP contribution in [0.25, 0.3) is 11.5 Å². The molecule has 0 unspecified atom stereocenters. The first-order valence-corrected chi connectivity index (χ1v) is 3.60. The van der Waals surface area contributed by atoms with Crippen LogP contribution in [0.3, 0.4) is 0 Å². The minimum Gasteiger partial charge on any atom is -0.314 e. The summed E-state index contributed by atoms with van der Waals surface area (Å²) in [5.41, 5.74) is 2.90. The molecule has 2 heterocycles. The van der Waals surface area contributed by atoms with Gasteiger partial charge in [-0.25, -0.2) is 5.84 Å². The van der Waals surface area contributed by atoms with E-state index in [1.165, 1.54) is 0 Å². The smallest absolute Gasteiger partial charge is 0.314 e. The summed E-state index contributed by atoms with van der Waals surface area (Å²) in [6, 6.07) is 1.95. The van der Waals surface area contributed by atoms with Gasteiger partial charge < -0.3 is 4.52 Å². The third-order valence-electron chi connectivity index (χ3n) is 1.49. The predicted octanol–water partition coefficient (Wildman–Crippen LogP) is -0.244. The quantitative estimate of drug-likeness (QED) is 0.489. The van der Waals surface area contributed by atoms with Gasteiger partial charge in [-0.15, -0.1) is 0 Å². The lowest BCUT2D eigenvalue weighted by Gasteiger charge is -1.85. The third-order valence-corrected chi connectivity index (χ3v) is 1.49. The zero-order valence-electron chi connectivity index (χ0n) is 6.93. The van der Waals surface area contributed by atoms with Crippen molar-refractivity contribution in [3.8, 4) is 11.5 Å². The highest BCUT2D eigenvalue weighted by Gasteiger charge is 2.09. The standard InChI is InChI=1S/C6H8N6O/c1-12-3-2-4(10-12)5-8-6(9-7)13-11-5/h2-3H,7H2,1H3,(H,8,9,11). The van der Waals surface area contributed by atoms with Gasteiger partial charge in [-0.1, -0.05) is 5.16 Å². The number of nitrogens with two attached hydrogens (primary N) is 1. The number of nitrogen functional groups attached to an aromatic ring is 1. The first-order chi connectivity index (χ1) is 6.29. The van der Waals surface area contributed by atoms with Crippen molar-refractivity contribution in [3.05, 3.63) is 12.3 Å². The van der Waals surface area contributed by atoms with Crippen LogP contribution in [-0.4, -0.2) is 19.9 Å². The second-order valence-corrected chi connectivity index (χ2v) is 2.44. The molecule has 7 nitrogen and oxygen atoms in total. The molecule has 0 saturated heterocycles. The van der Waals surface area contributed by atoms with E-state index in [0.717, 1.165) is 0 Å². The molecule has 0 aliphatic carbocycles. The van der Waals surface area contributed by atoms with Gasteiger partial charge in [0.1, 0.15) is 5.69 Å². The number of hydrogen-bond donors (Lipinski definition) is 2. The largest absolute Gasteiger partial charge is 0.335 e. The van der Waals surface area contributed by atoms with Crippen molar-refractivity contribution in [3.63, 3.8) is 0 Å². The maximum absolute atomic E-state index is 5.07. The molecule has 13 heavy (non-hydrogen) atoms. The molecule has 2 rings (SSSR count). The predicted molar refractivity (Wildman–Crippen MR) is 44.3 cm³/mol. The molecule has 68 valence electrons. The van der Waals surface area contributed by atoms with E-state index in [1.54, 1.807) is 16.9 Å². The van der Waals surface area contributed by atoms with Gasteiger partial charge in [0.15, 0.2) is 0 Å². The SMILES string of the molecule is Cn1ccc(-c2noc(NN)n2)n1. The van der Waals surface area contributed by atoms with Gasteiger partial charge in [-0.05, 0) is 6.07 Å². The van der Waals surface area contributed by atoms with Crippen molar-refractivity contribution >= 4 is 6.01 Å². The summed E-state index contributed by atoms with van der Waals surface area (Å²) >= 11 is 0. The Kier molecular flexibility index (Phi) is 1.71. The topological polar surface area (TPSA) is 94.8 Å². The van der Waals surface area contributed by atoms with Gasteiger partial charge in [0, 0.05) is 13.2 Å². The zero-order chi connectivity index (χ0) is 9.26. The fourth-order valence-electron chi connectivity index (χ4n) is 0.920. The van der Waals surface area contributed by atoms with E-state index in [2.05, 4.69) is 20.7 Å². The normalized spacial score (nSPS) is 10.3. The molecule has 0 aliphatic heterocycles. The van der Waals surface area contributed by atoms with Gasteiger partial charge >= 0.3 is 6.01 Å². The highest BCUT2D eigenvalue weighted by atomic mass is 16.5. The fourth-order valence-corrected chi connectivity index (χ4v) is 0.920. The monoisotopic (exact) mass is 180 g/mol. The number of anilines is 1. The lowest BCUT2D eigenvalue weighted by atomic mass is 10.4. The van der Waals surface area contributed by atoms with E-state index in [9.17, 15) is 0 Å². The Morgan fingerprint density at radius 2 is 2.46 bits per heavy atom. The number of hydrogen-bond acceptors (Lipinski definition) is 6. The van der Waals surface area contributed by atoms with Crippen molar-refractivity contribution in [1.82, 2.24) is 19.9 Å². The summed E-state index contributed by atoms with van der Waals surface area (Å²) in [5, 5.41) is 7.76. The average Bonchev–Trinajstić information content (AvgIpc) is 2.71. The van der Waals surface area contributed by atoms with E-state index < -0.39 is 0 Å².